The van der Waals surface area contributed by atoms with E-state index in [1.807, 2.05) is 18.2 Å². The smallest absolute Gasteiger partial charge is 0.330 e. The first-order valence-electron chi connectivity index (χ1n) is 10.8. The lowest BCUT2D eigenvalue weighted by Gasteiger charge is -2.25. The normalized spacial score (nSPS) is 20.1. The number of hydrogen-bond donors (Lipinski definition) is 1. The summed E-state index contributed by atoms with van der Waals surface area (Å²) < 4.78 is 5.25. The Bertz CT molecular complexity index is 1130. The summed E-state index contributed by atoms with van der Waals surface area (Å²) in [5.74, 6) is -3.18. The molecule has 0 saturated carbocycles. The van der Waals surface area contributed by atoms with Crippen LogP contribution in [0.2, 0.25) is 10.0 Å². The molecule has 9 heteroatoms. The van der Waals surface area contributed by atoms with Crippen LogP contribution in [0.3, 0.4) is 0 Å². The summed E-state index contributed by atoms with van der Waals surface area (Å²) in [4.78, 5) is 52.7. The number of halogens is 2. The van der Waals surface area contributed by atoms with Gasteiger partial charge in [-0.1, -0.05) is 71.8 Å². The molecule has 3 amide bonds. The number of carbonyl (C=O) groups excluding carboxylic acids is 4. The van der Waals surface area contributed by atoms with Crippen LogP contribution >= 0.6 is 23.2 Å². The summed E-state index contributed by atoms with van der Waals surface area (Å²) in [6.45, 7) is -0.613. The summed E-state index contributed by atoms with van der Waals surface area (Å²) in [5.41, 5.74) is 1.03. The lowest BCUT2D eigenvalue weighted by Crippen LogP contribution is -2.48. The second kappa shape index (κ2) is 10.4. The highest BCUT2D eigenvalue weighted by molar-refractivity contribution is 6.44. The van der Waals surface area contributed by atoms with Gasteiger partial charge in [-0.15, -0.1) is 0 Å². The molecule has 0 bridgehead atoms. The molecule has 1 aliphatic heterocycles. The third kappa shape index (κ3) is 5.00. The van der Waals surface area contributed by atoms with E-state index in [9.17, 15) is 19.2 Å². The minimum Gasteiger partial charge on any atom is -0.454 e. The molecule has 0 unspecified atom stereocenters. The van der Waals surface area contributed by atoms with Gasteiger partial charge in [0.15, 0.2) is 6.61 Å². The van der Waals surface area contributed by atoms with Gasteiger partial charge in [0.2, 0.25) is 11.8 Å². The van der Waals surface area contributed by atoms with Crippen molar-refractivity contribution < 1.29 is 23.9 Å². The Morgan fingerprint density at radius 1 is 0.971 bits per heavy atom. The molecule has 1 N–H and O–H groups in total. The SMILES string of the molecule is O=C(COC(=O)[C@@H](Cc1ccccc1)N1C(=O)[C@H]2CC=CC[C@H]2C1=O)Nc1cccc(Cl)c1Cl. The minimum absolute atomic E-state index is 0.0890. The first-order valence-corrected chi connectivity index (χ1v) is 11.6. The summed E-state index contributed by atoms with van der Waals surface area (Å²) >= 11 is 12.0. The number of hydrogen-bond acceptors (Lipinski definition) is 5. The highest BCUT2D eigenvalue weighted by Gasteiger charge is 2.51. The lowest BCUT2D eigenvalue weighted by atomic mass is 9.85. The third-order valence-corrected chi connectivity index (χ3v) is 6.79. The zero-order chi connectivity index (χ0) is 24.2. The first kappa shape index (κ1) is 24.0. The first-order chi connectivity index (χ1) is 16.4. The van der Waals surface area contributed by atoms with E-state index in [4.69, 9.17) is 27.9 Å². The predicted molar refractivity (Wildman–Crippen MR) is 127 cm³/mol. The van der Waals surface area contributed by atoms with Crippen molar-refractivity contribution >= 4 is 52.6 Å². The summed E-state index contributed by atoms with van der Waals surface area (Å²) in [6, 6.07) is 12.6. The Labute approximate surface area is 206 Å². The van der Waals surface area contributed by atoms with E-state index in [0.717, 1.165) is 10.5 Å². The van der Waals surface area contributed by atoms with Crippen molar-refractivity contribution in [3.8, 4) is 0 Å². The number of likely N-dealkylation sites (tertiary alicyclic amines) is 1. The van der Waals surface area contributed by atoms with Crippen molar-refractivity contribution in [2.45, 2.75) is 25.3 Å². The molecule has 0 spiro atoms. The van der Waals surface area contributed by atoms with E-state index in [-0.39, 0.29) is 34.0 Å². The Hall–Kier alpha value is -3.16. The molecule has 1 fully saturated rings. The van der Waals surface area contributed by atoms with Gasteiger partial charge >= 0.3 is 5.97 Å². The summed E-state index contributed by atoms with van der Waals surface area (Å²) in [7, 11) is 0. The molecule has 1 aliphatic carbocycles. The molecule has 176 valence electrons. The van der Waals surface area contributed by atoms with Gasteiger partial charge in [0.25, 0.3) is 5.91 Å². The zero-order valence-electron chi connectivity index (χ0n) is 18.1. The van der Waals surface area contributed by atoms with Crippen LogP contribution in [0.25, 0.3) is 0 Å². The molecule has 7 nitrogen and oxygen atoms in total. The number of allylic oxidation sites excluding steroid dienone is 2. The molecule has 2 aliphatic rings. The number of esters is 1. The number of ether oxygens (including phenoxy) is 1. The molecular weight excluding hydrogens is 479 g/mol. The summed E-state index contributed by atoms with van der Waals surface area (Å²) in [5, 5.41) is 2.96. The minimum atomic E-state index is -1.17. The highest BCUT2D eigenvalue weighted by atomic mass is 35.5. The number of amides is 3. The third-order valence-electron chi connectivity index (χ3n) is 5.97. The van der Waals surface area contributed by atoms with E-state index in [1.165, 1.54) is 0 Å². The van der Waals surface area contributed by atoms with E-state index in [1.54, 1.807) is 42.5 Å². The van der Waals surface area contributed by atoms with Gasteiger partial charge in [0, 0.05) is 6.42 Å². The molecule has 0 aromatic heterocycles. The van der Waals surface area contributed by atoms with Gasteiger partial charge in [-0.05, 0) is 30.5 Å². The quantitative estimate of drug-likeness (QED) is 0.351. The number of nitrogens with zero attached hydrogens (tertiary/aromatic N) is 1. The van der Waals surface area contributed by atoms with Gasteiger partial charge in [-0.3, -0.25) is 19.3 Å². The van der Waals surface area contributed by atoms with E-state index in [0.29, 0.717) is 12.8 Å². The molecule has 1 heterocycles. The highest BCUT2D eigenvalue weighted by Crippen LogP contribution is 2.37. The van der Waals surface area contributed by atoms with Crippen molar-refractivity contribution in [3.05, 3.63) is 76.3 Å². The fourth-order valence-electron chi connectivity index (χ4n) is 4.27. The Balaban J connectivity index is 1.49. The Kier molecular flexibility index (Phi) is 7.34. The zero-order valence-corrected chi connectivity index (χ0v) is 19.6. The molecule has 1 saturated heterocycles. The molecule has 0 radical (unpaired) electrons. The van der Waals surface area contributed by atoms with Gasteiger partial charge in [-0.2, -0.15) is 0 Å². The van der Waals surface area contributed by atoms with Crippen molar-refractivity contribution in [3.63, 3.8) is 0 Å². The van der Waals surface area contributed by atoms with Crippen LogP contribution in [-0.4, -0.2) is 41.2 Å². The monoisotopic (exact) mass is 500 g/mol. The maximum Gasteiger partial charge on any atom is 0.330 e. The Morgan fingerprint density at radius 2 is 1.62 bits per heavy atom. The van der Waals surface area contributed by atoms with Crippen molar-refractivity contribution in [2.75, 3.05) is 11.9 Å². The number of rotatable bonds is 7. The average Bonchev–Trinajstić information content (AvgIpc) is 3.09. The standard InChI is InChI=1S/C25H22Cl2N2O5/c26-18-11-6-12-19(22(18)27)28-21(30)14-34-25(33)20(13-15-7-2-1-3-8-15)29-23(31)16-9-4-5-10-17(16)24(29)32/h1-8,11-12,16-17,20H,9-10,13-14H2,(H,28,30)/t16-,17+,20-/m1/s1. The van der Waals surface area contributed by atoms with Gasteiger partial charge in [0.05, 0.1) is 27.6 Å². The lowest BCUT2D eigenvalue weighted by molar-refractivity contribution is -0.159. The number of anilines is 1. The molecule has 3 atom stereocenters. The van der Waals surface area contributed by atoms with Crippen molar-refractivity contribution in [1.29, 1.82) is 0 Å². The predicted octanol–water partition coefficient (Wildman–Crippen LogP) is 4.04. The number of nitrogens with one attached hydrogen (secondary N) is 1. The number of benzene rings is 2. The Morgan fingerprint density at radius 3 is 2.26 bits per heavy atom. The van der Waals surface area contributed by atoms with E-state index in [2.05, 4.69) is 5.32 Å². The second-order valence-electron chi connectivity index (χ2n) is 8.17. The van der Waals surface area contributed by atoms with Gasteiger partial charge in [-0.25, -0.2) is 4.79 Å². The van der Waals surface area contributed by atoms with Crippen LogP contribution in [0.15, 0.2) is 60.7 Å². The van der Waals surface area contributed by atoms with Crippen molar-refractivity contribution in [2.24, 2.45) is 11.8 Å². The van der Waals surface area contributed by atoms with Gasteiger partial charge in [0.1, 0.15) is 6.04 Å². The molecular formula is C25H22Cl2N2O5. The fourth-order valence-corrected chi connectivity index (χ4v) is 4.62. The number of fused-ring (bicyclic) bond motifs is 1. The van der Waals surface area contributed by atoms with Crippen LogP contribution in [-0.2, 0) is 30.3 Å². The average molecular weight is 501 g/mol. The van der Waals surface area contributed by atoms with E-state index < -0.39 is 36.4 Å². The van der Waals surface area contributed by atoms with Crippen LogP contribution in [0.4, 0.5) is 5.69 Å². The second-order valence-corrected chi connectivity index (χ2v) is 8.95. The molecule has 4 rings (SSSR count). The topological polar surface area (TPSA) is 92.8 Å². The molecule has 2 aromatic carbocycles. The van der Waals surface area contributed by atoms with E-state index >= 15 is 0 Å². The largest absolute Gasteiger partial charge is 0.454 e. The fraction of sp³-hybridized carbons (Fsp3) is 0.280. The van der Waals surface area contributed by atoms with Crippen LogP contribution in [0.5, 0.6) is 0 Å². The maximum absolute atomic E-state index is 13.1. The summed E-state index contributed by atoms with van der Waals surface area (Å²) in [6.07, 6.45) is 4.77. The van der Waals surface area contributed by atoms with Crippen LogP contribution in [0.1, 0.15) is 18.4 Å². The van der Waals surface area contributed by atoms with Gasteiger partial charge < -0.3 is 10.1 Å². The van der Waals surface area contributed by atoms with Crippen LogP contribution in [0, 0.1) is 11.8 Å². The number of imide groups is 1. The maximum atomic E-state index is 13.1. The van der Waals surface area contributed by atoms with Crippen LogP contribution < -0.4 is 5.32 Å². The van der Waals surface area contributed by atoms with Crippen molar-refractivity contribution in [1.82, 2.24) is 4.90 Å². The molecule has 34 heavy (non-hydrogen) atoms. The molecule has 2 aromatic rings. The number of carbonyl (C=O) groups is 4.